The highest BCUT2D eigenvalue weighted by molar-refractivity contribution is 6.17. The summed E-state index contributed by atoms with van der Waals surface area (Å²) in [4.78, 5) is 0. The van der Waals surface area contributed by atoms with Crippen LogP contribution in [-0.4, -0.2) is 0 Å². The number of nitrogen functional groups attached to an aromatic ring is 1. The lowest BCUT2D eigenvalue weighted by atomic mass is 9.99. The van der Waals surface area contributed by atoms with Gasteiger partial charge in [-0.2, -0.15) is 26.3 Å². The first-order chi connectivity index (χ1) is 7.59. The first-order valence-electron chi connectivity index (χ1n) is 4.20. The predicted octanol–water partition coefficient (Wildman–Crippen LogP) is 4.05. The van der Waals surface area contributed by atoms with Crippen LogP contribution in [0.5, 0.6) is 0 Å². The van der Waals surface area contributed by atoms with E-state index in [2.05, 4.69) is 0 Å². The van der Waals surface area contributed by atoms with Crippen LogP contribution < -0.4 is 5.73 Å². The van der Waals surface area contributed by atoms with Crippen molar-refractivity contribution in [1.82, 2.24) is 0 Å². The van der Waals surface area contributed by atoms with Gasteiger partial charge in [0.15, 0.2) is 0 Å². The van der Waals surface area contributed by atoms with Gasteiger partial charge >= 0.3 is 12.4 Å². The molecule has 0 spiro atoms. The zero-order valence-corrected chi connectivity index (χ0v) is 8.84. The highest BCUT2D eigenvalue weighted by Gasteiger charge is 2.45. The summed E-state index contributed by atoms with van der Waals surface area (Å²) >= 11 is 5.22. The van der Waals surface area contributed by atoms with Gasteiger partial charge in [0.1, 0.15) is 0 Å². The predicted molar refractivity (Wildman–Crippen MR) is 50.4 cm³/mol. The molecule has 0 radical (unpaired) electrons. The minimum absolute atomic E-state index is 0.300. The maximum atomic E-state index is 12.6. The van der Waals surface area contributed by atoms with Gasteiger partial charge in [-0.1, -0.05) is 0 Å². The van der Waals surface area contributed by atoms with Gasteiger partial charge in [0.25, 0.3) is 0 Å². The van der Waals surface area contributed by atoms with Crippen molar-refractivity contribution in [3.8, 4) is 0 Å². The fourth-order valence-electron chi connectivity index (χ4n) is 1.37. The highest BCUT2D eigenvalue weighted by Crippen LogP contribution is 2.43. The number of nitrogens with two attached hydrogens (primary N) is 1. The van der Waals surface area contributed by atoms with Gasteiger partial charge in [0.05, 0.1) is 17.0 Å². The van der Waals surface area contributed by atoms with Crippen molar-refractivity contribution in [3.63, 3.8) is 0 Å². The van der Waals surface area contributed by atoms with Crippen molar-refractivity contribution in [3.05, 3.63) is 28.8 Å². The smallest absolute Gasteiger partial charge is 0.398 e. The molecule has 0 atom stereocenters. The van der Waals surface area contributed by atoms with E-state index in [1.807, 2.05) is 0 Å². The molecule has 1 nitrogen and oxygen atoms in total. The summed E-state index contributed by atoms with van der Waals surface area (Å²) in [7, 11) is 0. The number of anilines is 1. The van der Waals surface area contributed by atoms with Crippen molar-refractivity contribution in [2.24, 2.45) is 0 Å². The summed E-state index contributed by atoms with van der Waals surface area (Å²) in [5.74, 6) is -0.745. The van der Waals surface area contributed by atoms with Gasteiger partial charge in [-0.15, -0.1) is 11.6 Å². The molecule has 1 aromatic carbocycles. The van der Waals surface area contributed by atoms with Crippen molar-refractivity contribution in [2.45, 2.75) is 18.2 Å². The molecule has 0 aliphatic rings. The summed E-state index contributed by atoms with van der Waals surface area (Å²) in [6.07, 6.45) is -10.3. The van der Waals surface area contributed by atoms with Crippen molar-refractivity contribution in [1.29, 1.82) is 0 Å². The molecule has 0 unspecified atom stereocenters. The number of halogens is 7. The molecule has 2 N–H and O–H groups in total. The zero-order valence-electron chi connectivity index (χ0n) is 8.08. The third kappa shape index (κ3) is 2.77. The Morgan fingerprint density at radius 1 is 1.00 bits per heavy atom. The van der Waals surface area contributed by atoms with Crippen LogP contribution in [0.15, 0.2) is 12.1 Å². The number of alkyl halides is 7. The Bertz CT molecular complexity index is 423. The van der Waals surface area contributed by atoms with E-state index >= 15 is 0 Å². The Hall–Kier alpha value is -1.11. The number of hydrogen-bond acceptors (Lipinski definition) is 1. The summed E-state index contributed by atoms with van der Waals surface area (Å²) in [5.41, 5.74) is 0.415. The van der Waals surface area contributed by atoms with Crippen LogP contribution in [0, 0.1) is 0 Å². The van der Waals surface area contributed by atoms with Crippen LogP contribution in [0.25, 0.3) is 0 Å². The summed E-state index contributed by atoms with van der Waals surface area (Å²) in [5, 5.41) is 0. The molecular formula is C9H6ClF6N. The van der Waals surface area contributed by atoms with Crippen molar-refractivity contribution in [2.75, 3.05) is 5.73 Å². The van der Waals surface area contributed by atoms with E-state index in [0.29, 0.717) is 6.07 Å². The first-order valence-corrected chi connectivity index (χ1v) is 4.74. The van der Waals surface area contributed by atoms with E-state index in [1.54, 1.807) is 0 Å². The quantitative estimate of drug-likeness (QED) is 0.468. The molecule has 0 heterocycles. The highest BCUT2D eigenvalue weighted by atomic mass is 35.5. The first kappa shape index (κ1) is 14.0. The normalized spacial score (nSPS) is 12.9. The van der Waals surface area contributed by atoms with E-state index in [4.69, 9.17) is 17.3 Å². The third-order valence-electron chi connectivity index (χ3n) is 2.07. The zero-order chi connectivity index (χ0) is 13.4. The molecule has 0 bridgehead atoms. The molecule has 96 valence electrons. The molecule has 0 aliphatic carbocycles. The second-order valence-electron chi connectivity index (χ2n) is 3.19. The van der Waals surface area contributed by atoms with Gasteiger partial charge < -0.3 is 5.73 Å². The van der Waals surface area contributed by atoms with E-state index in [0.717, 1.165) is 6.07 Å². The molecule has 1 rings (SSSR count). The average molecular weight is 278 g/mol. The van der Waals surface area contributed by atoms with Gasteiger partial charge in [0.2, 0.25) is 0 Å². The minimum atomic E-state index is -5.16. The minimum Gasteiger partial charge on any atom is -0.398 e. The standard InChI is InChI=1S/C9H6ClF6N/c10-3-4-6(17)2-1-5(8(11,12)13)7(4)9(14,15)16/h1-2H,3,17H2. The van der Waals surface area contributed by atoms with Gasteiger partial charge in [0, 0.05) is 11.3 Å². The van der Waals surface area contributed by atoms with Gasteiger partial charge in [-0.3, -0.25) is 0 Å². The SMILES string of the molecule is Nc1ccc(C(F)(F)F)c(C(F)(F)F)c1CCl. The molecule has 0 amide bonds. The average Bonchev–Trinajstić information content (AvgIpc) is 2.13. The van der Waals surface area contributed by atoms with Crippen LogP contribution in [0.1, 0.15) is 16.7 Å². The van der Waals surface area contributed by atoms with Crippen LogP contribution >= 0.6 is 11.6 Å². The second kappa shape index (κ2) is 4.29. The van der Waals surface area contributed by atoms with Crippen molar-refractivity contribution >= 4 is 17.3 Å². The Morgan fingerprint density at radius 3 is 1.88 bits per heavy atom. The summed E-state index contributed by atoms with van der Waals surface area (Å²) < 4.78 is 75.1. The van der Waals surface area contributed by atoms with Crippen LogP contribution in [0.4, 0.5) is 32.0 Å². The van der Waals surface area contributed by atoms with Crippen LogP contribution in [0.2, 0.25) is 0 Å². The van der Waals surface area contributed by atoms with E-state index in [9.17, 15) is 26.3 Å². The molecular weight excluding hydrogens is 272 g/mol. The molecule has 0 saturated carbocycles. The molecule has 0 aromatic heterocycles. The number of hydrogen-bond donors (Lipinski definition) is 1. The Balaban J connectivity index is 3.64. The lowest BCUT2D eigenvalue weighted by Gasteiger charge is -2.19. The second-order valence-corrected chi connectivity index (χ2v) is 3.45. The van der Waals surface area contributed by atoms with E-state index < -0.39 is 40.6 Å². The van der Waals surface area contributed by atoms with Crippen molar-refractivity contribution < 1.29 is 26.3 Å². The maximum absolute atomic E-state index is 12.6. The Labute approximate surface area is 97.2 Å². The van der Waals surface area contributed by atoms with E-state index in [-0.39, 0.29) is 0 Å². The molecule has 1 aromatic rings. The Kier molecular flexibility index (Phi) is 3.52. The monoisotopic (exact) mass is 277 g/mol. The fourth-order valence-corrected chi connectivity index (χ4v) is 1.66. The largest absolute Gasteiger partial charge is 0.417 e. The van der Waals surface area contributed by atoms with Crippen LogP contribution in [-0.2, 0) is 18.2 Å². The van der Waals surface area contributed by atoms with Crippen LogP contribution in [0.3, 0.4) is 0 Å². The lowest BCUT2D eigenvalue weighted by Crippen LogP contribution is -2.19. The third-order valence-corrected chi connectivity index (χ3v) is 2.34. The number of benzene rings is 1. The summed E-state index contributed by atoms with van der Waals surface area (Å²) in [6, 6.07) is 1.06. The molecule has 0 aliphatic heterocycles. The number of rotatable bonds is 1. The molecule has 8 heteroatoms. The topological polar surface area (TPSA) is 26.0 Å². The molecule has 0 fully saturated rings. The van der Waals surface area contributed by atoms with Gasteiger partial charge in [-0.25, -0.2) is 0 Å². The maximum Gasteiger partial charge on any atom is 0.417 e. The lowest BCUT2D eigenvalue weighted by molar-refractivity contribution is -0.162. The molecule has 0 saturated heterocycles. The van der Waals surface area contributed by atoms with Gasteiger partial charge in [-0.05, 0) is 12.1 Å². The Morgan fingerprint density at radius 2 is 1.53 bits per heavy atom. The van der Waals surface area contributed by atoms with E-state index in [1.165, 1.54) is 0 Å². The molecule has 17 heavy (non-hydrogen) atoms. The fraction of sp³-hybridized carbons (Fsp3) is 0.333. The summed E-state index contributed by atoms with van der Waals surface area (Å²) in [6.45, 7) is 0.